The maximum absolute atomic E-state index is 4.56. The molecule has 0 saturated heterocycles. The second-order valence-corrected chi connectivity index (χ2v) is 83.8. The molecule has 0 saturated carbocycles. The molecule has 2 atom stereocenters. The van der Waals surface area contributed by atoms with E-state index in [0.717, 1.165) is 0 Å². The zero-order chi connectivity index (χ0) is 18.3. The van der Waals surface area contributed by atoms with E-state index in [1.54, 1.807) is 0 Å². The molecule has 0 nitrogen and oxygen atoms in total. The summed E-state index contributed by atoms with van der Waals surface area (Å²) in [5.74, 6) is 0. The van der Waals surface area contributed by atoms with Crippen LogP contribution < -0.4 is 0 Å². The van der Waals surface area contributed by atoms with Crippen molar-refractivity contribution in [1.82, 2.24) is 0 Å². The maximum atomic E-state index is 2.68. The molecule has 4 rings (SSSR count). The predicted molar refractivity (Wildman–Crippen MR) is 131 cm³/mol. The van der Waals surface area contributed by atoms with Crippen molar-refractivity contribution < 1.29 is 8.93 Å². The van der Waals surface area contributed by atoms with Gasteiger partial charge in [0.2, 0.25) is 0 Å². The van der Waals surface area contributed by atoms with Crippen molar-refractivity contribution in [3.8, 4) is 0 Å². The number of benzene rings is 2. The third kappa shape index (κ3) is 3.13. The first kappa shape index (κ1) is 22.9. The Labute approximate surface area is 172 Å². The SMILES string of the molecule is Cl.Cl.[CH3][Ti]([CH3])([CH3])([CH3])(=[SiH2])(=[SiH2])([CH]1C=Cc2ccccc21)[CH]1C=Cc2ccccc21. The predicted octanol–water partition coefficient (Wildman–Crippen LogP) is 5.95. The number of halogens is 2. The van der Waals surface area contributed by atoms with Crippen LogP contribution >= 0.6 is 24.8 Å². The molecule has 2 aromatic carbocycles. The van der Waals surface area contributed by atoms with E-state index in [0.29, 0.717) is 8.45 Å². The molecule has 0 fully saturated rings. The summed E-state index contributed by atoms with van der Waals surface area (Å²) in [4.78, 5) is 0. The molecular formula is C22H32Cl2Si2Ti. The van der Waals surface area contributed by atoms with E-state index in [4.69, 9.17) is 0 Å². The van der Waals surface area contributed by atoms with Gasteiger partial charge in [-0.25, -0.2) is 0 Å². The first-order valence-electron chi connectivity index (χ1n) is 9.43. The number of fused-ring (bicyclic) bond motifs is 2. The summed E-state index contributed by atoms with van der Waals surface area (Å²) < 4.78 is 0.919. The summed E-state index contributed by atoms with van der Waals surface area (Å²) in [6.45, 7) is 0. The fourth-order valence-electron chi connectivity index (χ4n) is 5.71. The van der Waals surface area contributed by atoms with Gasteiger partial charge in [-0.1, -0.05) is 0 Å². The zero-order valence-corrected chi connectivity index (χ0v) is 22.8. The van der Waals surface area contributed by atoms with E-state index in [1.165, 1.54) is 22.3 Å². The van der Waals surface area contributed by atoms with Crippen LogP contribution in [0.5, 0.6) is 0 Å². The molecular weight excluding hydrogens is 439 g/mol. The molecule has 0 bridgehead atoms. The molecule has 27 heavy (non-hydrogen) atoms. The minimum atomic E-state index is -4.56. The Hall–Kier alpha value is -0.352. The molecule has 0 aliphatic heterocycles. The average molecular weight is 471 g/mol. The number of rotatable bonds is 2. The zero-order valence-electron chi connectivity index (χ0n) is 16.8. The number of hydrogen-bond donors (Lipinski definition) is 0. The van der Waals surface area contributed by atoms with Crippen LogP contribution in [0.25, 0.3) is 12.2 Å². The van der Waals surface area contributed by atoms with Crippen molar-refractivity contribution in [3.63, 3.8) is 0 Å². The Morgan fingerprint density at radius 1 is 0.630 bits per heavy atom. The van der Waals surface area contributed by atoms with Crippen LogP contribution in [0.4, 0.5) is 0 Å². The average Bonchev–Trinajstić information content (AvgIpc) is 3.11. The van der Waals surface area contributed by atoms with Gasteiger partial charge in [-0.2, -0.15) is 0 Å². The van der Waals surface area contributed by atoms with Crippen molar-refractivity contribution in [1.29, 1.82) is 0 Å². The van der Waals surface area contributed by atoms with Gasteiger partial charge < -0.3 is 0 Å². The van der Waals surface area contributed by atoms with Crippen LogP contribution in [0.2, 0.25) is 20.9 Å². The Morgan fingerprint density at radius 2 is 0.963 bits per heavy atom. The second kappa shape index (κ2) is 4.69. The van der Waals surface area contributed by atoms with Gasteiger partial charge in [0.05, 0.1) is 0 Å². The molecule has 0 spiro atoms. The van der Waals surface area contributed by atoms with Crippen LogP contribution in [0.15, 0.2) is 60.7 Å². The standard InChI is InChI=1S/2C9H7.4CH3.2ClH.2H2Si.Ti/c2*1-2-5-9-7-3-6-8(9)4-1;;;;;;;;;/h2*1-7H;4*1H3;2*1H;2*1H2;. The van der Waals surface area contributed by atoms with Crippen LogP contribution in [0, 0.1) is 0 Å². The van der Waals surface area contributed by atoms with Gasteiger partial charge in [0.25, 0.3) is 0 Å². The molecule has 0 amide bonds. The summed E-state index contributed by atoms with van der Waals surface area (Å²) in [6, 6.07) is 18.0. The molecule has 2 unspecified atom stereocenters. The first-order valence-corrected chi connectivity index (χ1v) is 25.5. The Balaban J connectivity index is 0.00000131. The fraction of sp³-hybridized carbons (Fsp3) is 0.273. The summed E-state index contributed by atoms with van der Waals surface area (Å²) in [5.41, 5.74) is 5.83. The van der Waals surface area contributed by atoms with Crippen molar-refractivity contribution >= 4 is 52.2 Å². The molecule has 2 aliphatic carbocycles. The monoisotopic (exact) mass is 470 g/mol. The van der Waals surface area contributed by atoms with Crippen molar-refractivity contribution in [2.24, 2.45) is 0 Å². The van der Waals surface area contributed by atoms with Gasteiger partial charge >= 0.3 is 149 Å². The Bertz CT molecular complexity index is 1190. The van der Waals surface area contributed by atoms with Crippen LogP contribution in [0.1, 0.15) is 30.7 Å². The molecule has 2 aromatic rings. The van der Waals surface area contributed by atoms with Crippen molar-refractivity contribution in [3.05, 3.63) is 82.9 Å². The van der Waals surface area contributed by atoms with E-state index >= 15 is 0 Å². The summed E-state index contributed by atoms with van der Waals surface area (Å²) >= 11 is 0. The number of hydrogen-bond acceptors (Lipinski definition) is 0. The quantitative estimate of drug-likeness (QED) is 0.475. The number of allylic oxidation sites excluding steroid dienone is 2. The Kier molecular flexibility index (Phi) is 3.98. The van der Waals surface area contributed by atoms with Gasteiger partial charge in [0.15, 0.2) is 0 Å². The van der Waals surface area contributed by atoms with Crippen molar-refractivity contribution in [2.75, 3.05) is 0 Å². The normalized spacial score (nSPS) is 25.5. The molecule has 2 aliphatic rings. The van der Waals surface area contributed by atoms with Crippen LogP contribution in [-0.4, -0.2) is 15.3 Å². The van der Waals surface area contributed by atoms with Gasteiger partial charge in [0, 0.05) is 0 Å². The summed E-state index contributed by atoms with van der Waals surface area (Å²) in [5, 5.41) is 10.7. The fourth-order valence-corrected chi connectivity index (χ4v) is 22.7. The second-order valence-electron chi connectivity index (χ2n) is 14.3. The van der Waals surface area contributed by atoms with Gasteiger partial charge in [-0.05, 0) is 0 Å². The minimum absolute atomic E-state index is 0. The third-order valence-corrected chi connectivity index (χ3v) is 27.8. The van der Waals surface area contributed by atoms with Crippen LogP contribution in [0.3, 0.4) is 0 Å². The molecule has 5 heteroatoms. The molecule has 0 aromatic heterocycles. The topological polar surface area (TPSA) is 0 Å². The van der Waals surface area contributed by atoms with E-state index in [2.05, 4.69) is 109 Å². The van der Waals surface area contributed by atoms with Crippen molar-refractivity contribution in [2.45, 2.75) is 29.4 Å². The molecule has 0 heterocycles. The summed E-state index contributed by atoms with van der Waals surface area (Å²) in [7, 11) is 0.183. The molecule has 0 N–H and O–H groups in total. The van der Waals surface area contributed by atoms with Gasteiger partial charge in [-0.3, -0.25) is 0 Å². The third-order valence-electron chi connectivity index (χ3n) is 7.33. The van der Waals surface area contributed by atoms with E-state index in [1.807, 2.05) is 0 Å². The summed E-state index contributed by atoms with van der Waals surface area (Å²) in [6.07, 6.45) is 9.74. The van der Waals surface area contributed by atoms with Gasteiger partial charge in [-0.15, -0.1) is 24.8 Å². The first-order chi connectivity index (χ1) is 11.1. The molecule has 146 valence electrons. The van der Waals surface area contributed by atoms with E-state index in [9.17, 15) is 0 Å². The Morgan fingerprint density at radius 3 is 1.33 bits per heavy atom. The van der Waals surface area contributed by atoms with E-state index in [-0.39, 0.29) is 24.8 Å². The van der Waals surface area contributed by atoms with E-state index < -0.39 is 8.93 Å². The van der Waals surface area contributed by atoms with Crippen LogP contribution in [-0.2, 0) is 8.93 Å². The molecule has 0 radical (unpaired) electrons. The van der Waals surface area contributed by atoms with Gasteiger partial charge in [0.1, 0.15) is 0 Å².